The number of rotatable bonds is 4. The molecule has 0 spiro atoms. The summed E-state index contributed by atoms with van der Waals surface area (Å²) in [5.74, 6) is -0.239. The largest absolute Gasteiger partial charge is 0.353 e. The molecule has 0 bridgehead atoms. The van der Waals surface area contributed by atoms with Crippen LogP contribution in [-0.4, -0.2) is 24.3 Å². The minimum atomic E-state index is -3.77. The summed E-state index contributed by atoms with van der Waals surface area (Å²) < 4.78 is 29.0. The molecule has 8 heteroatoms. The fraction of sp³-hybridized carbons (Fsp3) is 0.217. The highest BCUT2D eigenvalue weighted by atomic mass is 32.2. The molecule has 158 valence electrons. The summed E-state index contributed by atoms with van der Waals surface area (Å²) in [4.78, 5) is 20.5. The fourth-order valence-electron chi connectivity index (χ4n) is 4.62. The quantitative estimate of drug-likeness (QED) is 0.458. The van der Waals surface area contributed by atoms with Crippen LogP contribution in [0.1, 0.15) is 38.4 Å². The van der Waals surface area contributed by atoms with Gasteiger partial charge in [-0.25, -0.2) is 18.1 Å². The lowest BCUT2D eigenvalue weighted by Crippen LogP contribution is -2.26. The first-order valence-corrected chi connectivity index (χ1v) is 11.5. The number of aryl methyl sites for hydroxylation is 3. The highest BCUT2D eigenvalue weighted by Gasteiger charge is 2.28. The van der Waals surface area contributed by atoms with Crippen LogP contribution in [0.25, 0.3) is 21.8 Å². The van der Waals surface area contributed by atoms with Crippen molar-refractivity contribution >= 4 is 37.7 Å². The monoisotopic (exact) mass is 434 g/mol. The Balaban J connectivity index is 1.62. The highest BCUT2D eigenvalue weighted by molar-refractivity contribution is 7.89. The van der Waals surface area contributed by atoms with Gasteiger partial charge in [0.15, 0.2) is 0 Å². The Kier molecular flexibility index (Phi) is 4.39. The van der Waals surface area contributed by atoms with Gasteiger partial charge in [-0.3, -0.25) is 4.79 Å². The number of H-pyrrole nitrogens is 1. The van der Waals surface area contributed by atoms with E-state index in [1.54, 1.807) is 13.8 Å². The van der Waals surface area contributed by atoms with Crippen LogP contribution in [-0.2, 0) is 23.1 Å². The molecular weight excluding hydrogens is 412 g/mol. The number of sulfonamides is 1. The normalized spacial score (nSPS) is 13.7. The van der Waals surface area contributed by atoms with Crippen LogP contribution in [0.3, 0.4) is 0 Å². The number of carbonyl (C=O) groups excluding carboxylic acids is 1. The van der Waals surface area contributed by atoms with Crippen molar-refractivity contribution in [3.63, 3.8) is 0 Å². The van der Waals surface area contributed by atoms with E-state index in [1.807, 2.05) is 43.3 Å². The Morgan fingerprint density at radius 2 is 1.81 bits per heavy atom. The molecule has 1 aliphatic rings. The van der Waals surface area contributed by atoms with Crippen LogP contribution < -0.4 is 10.0 Å². The van der Waals surface area contributed by atoms with E-state index in [4.69, 9.17) is 0 Å². The number of para-hydroxylation sites is 1. The Hall–Kier alpha value is -3.23. The molecule has 1 aliphatic heterocycles. The lowest BCUT2D eigenvalue weighted by molar-refractivity contribution is 0.0961. The molecule has 3 heterocycles. The van der Waals surface area contributed by atoms with Crippen molar-refractivity contribution < 1.29 is 13.2 Å². The van der Waals surface area contributed by atoms with E-state index in [1.165, 1.54) is 0 Å². The van der Waals surface area contributed by atoms with Gasteiger partial charge in [0.2, 0.25) is 10.0 Å². The zero-order chi connectivity index (χ0) is 21.9. The molecule has 0 aliphatic carbocycles. The van der Waals surface area contributed by atoms with Crippen LogP contribution in [0.4, 0.5) is 0 Å². The van der Waals surface area contributed by atoms with Gasteiger partial charge in [0.1, 0.15) is 5.69 Å². The zero-order valence-corrected chi connectivity index (χ0v) is 18.3. The maximum Gasteiger partial charge on any atom is 0.270 e. The molecule has 0 atom stereocenters. The Morgan fingerprint density at radius 1 is 1.10 bits per heavy atom. The summed E-state index contributed by atoms with van der Waals surface area (Å²) in [5.41, 5.74) is 5.76. The number of benzene rings is 2. The minimum Gasteiger partial charge on any atom is -0.353 e. The molecule has 0 saturated carbocycles. The second-order valence-corrected chi connectivity index (χ2v) is 9.75. The zero-order valence-electron chi connectivity index (χ0n) is 17.5. The third-order valence-electron chi connectivity index (χ3n) is 5.77. The van der Waals surface area contributed by atoms with Crippen LogP contribution in [0.15, 0.2) is 41.3 Å². The average Bonchev–Trinajstić information content (AvgIpc) is 3.26. The summed E-state index contributed by atoms with van der Waals surface area (Å²) in [6.45, 7) is 5.91. The van der Waals surface area contributed by atoms with Crippen molar-refractivity contribution in [1.82, 2.24) is 20.0 Å². The number of hydrogen-bond donors (Lipinski definition) is 3. The molecule has 5 rings (SSSR count). The first-order chi connectivity index (χ1) is 14.8. The van der Waals surface area contributed by atoms with Gasteiger partial charge in [-0.1, -0.05) is 35.9 Å². The van der Waals surface area contributed by atoms with E-state index in [9.17, 15) is 13.2 Å². The molecule has 3 N–H and O–H groups in total. The second kappa shape index (κ2) is 6.90. The summed E-state index contributed by atoms with van der Waals surface area (Å²) in [5, 5.41) is 4.72. The van der Waals surface area contributed by atoms with Gasteiger partial charge in [0, 0.05) is 28.4 Å². The molecule has 7 nitrogen and oxygen atoms in total. The number of aromatic amines is 1. The van der Waals surface area contributed by atoms with Crippen LogP contribution in [0.2, 0.25) is 0 Å². The number of amides is 1. The molecular formula is C23H22N4O3S. The SMILES string of the molecule is Cc1cc(C)c(S(=O)(=O)NCc2nc3c(c4c2[nH]c2ccccc24)CNC3=O)c(C)c1. The van der Waals surface area contributed by atoms with Crippen molar-refractivity contribution in [3.8, 4) is 0 Å². The molecule has 2 aromatic carbocycles. The van der Waals surface area contributed by atoms with Crippen LogP contribution >= 0.6 is 0 Å². The number of aromatic nitrogens is 2. The lowest BCUT2D eigenvalue weighted by Gasteiger charge is -2.13. The first kappa shape index (κ1) is 19.7. The van der Waals surface area contributed by atoms with E-state index in [-0.39, 0.29) is 17.3 Å². The number of nitrogens with zero attached hydrogens (tertiary/aromatic N) is 1. The average molecular weight is 435 g/mol. The maximum absolute atomic E-state index is 13.1. The number of pyridine rings is 1. The van der Waals surface area contributed by atoms with Gasteiger partial charge >= 0.3 is 0 Å². The summed E-state index contributed by atoms with van der Waals surface area (Å²) in [7, 11) is -3.77. The van der Waals surface area contributed by atoms with Crippen LogP contribution in [0.5, 0.6) is 0 Å². The molecule has 2 aromatic heterocycles. The van der Waals surface area contributed by atoms with E-state index >= 15 is 0 Å². The number of hydrogen-bond acceptors (Lipinski definition) is 4. The lowest BCUT2D eigenvalue weighted by atomic mass is 10.1. The fourth-order valence-corrected chi connectivity index (χ4v) is 6.05. The van der Waals surface area contributed by atoms with E-state index in [2.05, 4.69) is 20.0 Å². The summed E-state index contributed by atoms with van der Waals surface area (Å²) in [6, 6.07) is 11.5. The third kappa shape index (κ3) is 3.10. The molecule has 0 radical (unpaired) electrons. The van der Waals surface area contributed by atoms with Gasteiger partial charge < -0.3 is 10.3 Å². The van der Waals surface area contributed by atoms with Crippen molar-refractivity contribution in [2.45, 2.75) is 38.8 Å². The number of carbonyl (C=O) groups is 1. The first-order valence-electron chi connectivity index (χ1n) is 10.0. The van der Waals surface area contributed by atoms with E-state index in [0.717, 1.165) is 32.9 Å². The maximum atomic E-state index is 13.1. The molecule has 0 unspecified atom stereocenters. The van der Waals surface area contributed by atoms with E-state index < -0.39 is 10.0 Å². The number of fused-ring (bicyclic) bond motifs is 5. The summed E-state index contributed by atoms with van der Waals surface area (Å²) >= 11 is 0. The predicted octanol–water partition coefficient (Wildman–Crippen LogP) is 3.36. The van der Waals surface area contributed by atoms with Crippen molar-refractivity contribution in [2.75, 3.05) is 0 Å². The Morgan fingerprint density at radius 3 is 2.55 bits per heavy atom. The van der Waals surface area contributed by atoms with Gasteiger partial charge in [-0.2, -0.15) is 0 Å². The van der Waals surface area contributed by atoms with Gasteiger partial charge in [-0.15, -0.1) is 0 Å². The van der Waals surface area contributed by atoms with Gasteiger partial charge in [0.05, 0.1) is 22.7 Å². The smallest absolute Gasteiger partial charge is 0.270 e. The standard InChI is InChI=1S/C23H22N4O3S/c1-12-8-13(2)22(14(3)9-12)31(29,30)25-11-18-21-19(15-6-4-5-7-17(15)26-21)16-10-24-23(28)20(16)27-18/h4-9,25-26H,10-11H2,1-3H3,(H,24,28). The highest BCUT2D eigenvalue weighted by Crippen LogP contribution is 2.33. The summed E-state index contributed by atoms with van der Waals surface area (Å²) in [6.07, 6.45) is 0. The molecule has 0 fully saturated rings. The van der Waals surface area contributed by atoms with E-state index in [0.29, 0.717) is 29.1 Å². The molecule has 31 heavy (non-hydrogen) atoms. The second-order valence-electron chi connectivity index (χ2n) is 8.04. The van der Waals surface area contributed by atoms with Crippen LogP contribution in [0, 0.1) is 20.8 Å². The Bertz CT molecular complexity index is 1480. The minimum absolute atomic E-state index is 0.0288. The van der Waals surface area contributed by atoms with Crippen molar-refractivity contribution in [1.29, 1.82) is 0 Å². The Labute approximate surface area is 179 Å². The van der Waals surface area contributed by atoms with Crippen molar-refractivity contribution in [3.05, 3.63) is 70.0 Å². The predicted molar refractivity (Wildman–Crippen MR) is 119 cm³/mol. The molecule has 0 saturated heterocycles. The van der Waals surface area contributed by atoms with Gasteiger partial charge in [0.25, 0.3) is 5.91 Å². The van der Waals surface area contributed by atoms with Crippen molar-refractivity contribution in [2.24, 2.45) is 0 Å². The third-order valence-corrected chi connectivity index (χ3v) is 7.48. The number of nitrogens with one attached hydrogen (secondary N) is 3. The molecule has 4 aromatic rings. The van der Waals surface area contributed by atoms with Gasteiger partial charge in [-0.05, 0) is 38.0 Å². The molecule has 1 amide bonds. The topological polar surface area (TPSA) is 104 Å².